The van der Waals surface area contributed by atoms with E-state index in [1.54, 1.807) is 13.1 Å². The third-order valence-corrected chi connectivity index (χ3v) is 3.76. The molecule has 0 bridgehead atoms. The van der Waals surface area contributed by atoms with Crippen molar-refractivity contribution in [1.82, 2.24) is 5.32 Å². The molecule has 0 aliphatic heterocycles. The number of halogens is 2. The summed E-state index contributed by atoms with van der Waals surface area (Å²) >= 11 is 1.44. The van der Waals surface area contributed by atoms with Crippen molar-refractivity contribution < 1.29 is 13.9 Å². The normalized spacial score (nSPS) is 14.6. The Labute approximate surface area is 104 Å². The molecule has 17 heavy (non-hydrogen) atoms. The Bertz CT molecular complexity index is 370. The first-order valence-corrected chi connectivity index (χ1v) is 6.37. The summed E-state index contributed by atoms with van der Waals surface area (Å²) in [6, 6.07) is 3.87. The van der Waals surface area contributed by atoms with Crippen molar-refractivity contribution in [2.45, 2.75) is 23.8 Å². The number of aliphatic hydroxyl groups excluding tert-OH is 1. The van der Waals surface area contributed by atoms with Gasteiger partial charge in [-0.25, -0.2) is 8.78 Å². The van der Waals surface area contributed by atoms with E-state index in [2.05, 4.69) is 5.32 Å². The average molecular weight is 261 g/mol. The van der Waals surface area contributed by atoms with Crippen molar-refractivity contribution in [3.05, 3.63) is 29.8 Å². The number of thioether (sulfide) groups is 1. The SMILES string of the molecule is CNC(C)(CO)CCSc1ccc(F)c(F)c1. The third kappa shape index (κ3) is 4.26. The minimum atomic E-state index is -0.829. The monoisotopic (exact) mass is 261 g/mol. The van der Waals surface area contributed by atoms with Gasteiger partial charge < -0.3 is 10.4 Å². The summed E-state index contributed by atoms with van der Waals surface area (Å²) in [6.07, 6.45) is 0.740. The molecule has 2 nitrogen and oxygen atoms in total. The van der Waals surface area contributed by atoms with Crippen LogP contribution in [0.15, 0.2) is 23.1 Å². The Morgan fingerprint density at radius 2 is 2.06 bits per heavy atom. The van der Waals surface area contributed by atoms with Crippen LogP contribution in [-0.2, 0) is 0 Å². The van der Waals surface area contributed by atoms with Gasteiger partial charge in [-0.05, 0) is 44.3 Å². The molecule has 1 rings (SSSR count). The Kier molecular flexibility index (Phi) is 5.36. The molecule has 0 saturated heterocycles. The van der Waals surface area contributed by atoms with E-state index in [1.165, 1.54) is 17.8 Å². The van der Waals surface area contributed by atoms with Crippen LogP contribution in [0.25, 0.3) is 0 Å². The molecular formula is C12H17F2NOS. The molecule has 0 aliphatic rings. The van der Waals surface area contributed by atoms with Crippen molar-refractivity contribution >= 4 is 11.8 Å². The first-order chi connectivity index (χ1) is 8.00. The molecule has 0 aliphatic carbocycles. The van der Waals surface area contributed by atoms with Gasteiger partial charge in [0.25, 0.3) is 0 Å². The summed E-state index contributed by atoms with van der Waals surface area (Å²) in [5.41, 5.74) is -0.328. The Morgan fingerprint density at radius 1 is 1.35 bits per heavy atom. The molecule has 0 fully saturated rings. The Morgan fingerprint density at radius 3 is 2.59 bits per heavy atom. The zero-order valence-electron chi connectivity index (χ0n) is 9.96. The second-order valence-electron chi connectivity index (χ2n) is 4.14. The van der Waals surface area contributed by atoms with Gasteiger partial charge in [0, 0.05) is 10.4 Å². The smallest absolute Gasteiger partial charge is 0.159 e. The van der Waals surface area contributed by atoms with Crippen LogP contribution in [0.4, 0.5) is 8.78 Å². The molecule has 0 aromatic heterocycles. The number of rotatable bonds is 6. The van der Waals surface area contributed by atoms with Gasteiger partial charge in [-0.15, -0.1) is 11.8 Å². The van der Waals surface area contributed by atoms with E-state index < -0.39 is 11.6 Å². The van der Waals surface area contributed by atoms with Crippen LogP contribution in [0.2, 0.25) is 0 Å². The molecule has 1 atom stereocenters. The van der Waals surface area contributed by atoms with Crippen LogP contribution in [0.3, 0.4) is 0 Å². The number of hydrogen-bond donors (Lipinski definition) is 2. The van der Waals surface area contributed by atoms with Crippen LogP contribution in [0.1, 0.15) is 13.3 Å². The van der Waals surface area contributed by atoms with Gasteiger partial charge in [-0.2, -0.15) is 0 Å². The summed E-state index contributed by atoms with van der Waals surface area (Å²) in [6.45, 7) is 1.96. The molecule has 1 aromatic carbocycles. The molecule has 2 N–H and O–H groups in total. The van der Waals surface area contributed by atoms with Gasteiger partial charge >= 0.3 is 0 Å². The lowest BCUT2D eigenvalue weighted by atomic mass is 10.0. The quantitative estimate of drug-likeness (QED) is 0.771. The van der Waals surface area contributed by atoms with Crippen LogP contribution in [-0.4, -0.2) is 30.1 Å². The van der Waals surface area contributed by atoms with E-state index in [0.29, 0.717) is 4.90 Å². The molecule has 0 amide bonds. The van der Waals surface area contributed by atoms with E-state index in [0.717, 1.165) is 18.2 Å². The summed E-state index contributed by atoms with van der Waals surface area (Å²) in [5, 5.41) is 12.2. The fraction of sp³-hybridized carbons (Fsp3) is 0.500. The second kappa shape index (κ2) is 6.33. The average Bonchev–Trinajstić information content (AvgIpc) is 2.33. The Hall–Kier alpha value is -0.650. The van der Waals surface area contributed by atoms with E-state index in [9.17, 15) is 13.9 Å². The molecule has 96 valence electrons. The maximum atomic E-state index is 12.9. The van der Waals surface area contributed by atoms with Crippen LogP contribution >= 0.6 is 11.8 Å². The maximum absolute atomic E-state index is 12.9. The summed E-state index contributed by atoms with van der Waals surface area (Å²) < 4.78 is 25.6. The van der Waals surface area contributed by atoms with Crippen molar-refractivity contribution in [2.24, 2.45) is 0 Å². The van der Waals surface area contributed by atoms with Crippen molar-refractivity contribution in [3.63, 3.8) is 0 Å². The van der Waals surface area contributed by atoms with Gasteiger partial charge in [0.05, 0.1) is 6.61 Å². The lowest BCUT2D eigenvalue weighted by Gasteiger charge is -2.26. The minimum Gasteiger partial charge on any atom is -0.394 e. The van der Waals surface area contributed by atoms with Crippen LogP contribution < -0.4 is 5.32 Å². The predicted molar refractivity (Wildman–Crippen MR) is 66.2 cm³/mol. The zero-order chi connectivity index (χ0) is 12.9. The van der Waals surface area contributed by atoms with Crippen molar-refractivity contribution in [1.29, 1.82) is 0 Å². The molecule has 0 spiro atoms. The standard InChI is InChI=1S/C12H17F2NOS/c1-12(8-16,15-2)5-6-17-9-3-4-10(13)11(14)7-9/h3-4,7,15-16H,5-6,8H2,1-2H3. The highest BCUT2D eigenvalue weighted by Gasteiger charge is 2.20. The van der Waals surface area contributed by atoms with Crippen molar-refractivity contribution in [3.8, 4) is 0 Å². The highest BCUT2D eigenvalue weighted by molar-refractivity contribution is 7.99. The molecule has 5 heteroatoms. The largest absolute Gasteiger partial charge is 0.394 e. The Balaban J connectivity index is 2.48. The molecular weight excluding hydrogens is 244 g/mol. The predicted octanol–water partition coefficient (Wildman–Crippen LogP) is 2.42. The van der Waals surface area contributed by atoms with Gasteiger partial charge in [-0.3, -0.25) is 0 Å². The lowest BCUT2D eigenvalue weighted by molar-refractivity contribution is 0.179. The molecule has 0 heterocycles. The topological polar surface area (TPSA) is 32.3 Å². The third-order valence-electron chi connectivity index (χ3n) is 2.77. The highest BCUT2D eigenvalue weighted by Crippen LogP contribution is 2.23. The number of nitrogens with one attached hydrogen (secondary N) is 1. The highest BCUT2D eigenvalue weighted by atomic mass is 32.2. The van der Waals surface area contributed by atoms with Gasteiger partial charge in [-0.1, -0.05) is 0 Å². The minimum absolute atomic E-state index is 0.0435. The number of aliphatic hydroxyl groups is 1. The summed E-state index contributed by atoms with van der Waals surface area (Å²) in [4.78, 5) is 0.695. The number of likely N-dealkylation sites (N-methyl/N-ethyl adjacent to an activating group) is 1. The zero-order valence-corrected chi connectivity index (χ0v) is 10.8. The maximum Gasteiger partial charge on any atom is 0.159 e. The van der Waals surface area contributed by atoms with E-state index in [1.807, 2.05) is 6.92 Å². The van der Waals surface area contributed by atoms with Crippen molar-refractivity contribution in [2.75, 3.05) is 19.4 Å². The first kappa shape index (κ1) is 14.4. The number of benzene rings is 1. The molecule has 0 radical (unpaired) electrons. The molecule has 1 unspecified atom stereocenters. The number of hydrogen-bond acceptors (Lipinski definition) is 3. The molecule has 0 saturated carbocycles. The summed E-state index contributed by atoms with van der Waals surface area (Å²) in [7, 11) is 1.79. The van der Waals surface area contributed by atoms with Gasteiger partial charge in [0.2, 0.25) is 0 Å². The van der Waals surface area contributed by atoms with E-state index in [4.69, 9.17) is 0 Å². The van der Waals surface area contributed by atoms with Crippen LogP contribution in [0, 0.1) is 11.6 Å². The first-order valence-electron chi connectivity index (χ1n) is 5.38. The fourth-order valence-corrected chi connectivity index (χ4v) is 2.38. The van der Waals surface area contributed by atoms with Gasteiger partial charge in [0.1, 0.15) is 0 Å². The van der Waals surface area contributed by atoms with E-state index in [-0.39, 0.29) is 12.1 Å². The fourth-order valence-electron chi connectivity index (χ4n) is 1.24. The van der Waals surface area contributed by atoms with Crippen LogP contribution in [0.5, 0.6) is 0 Å². The second-order valence-corrected chi connectivity index (χ2v) is 5.31. The van der Waals surface area contributed by atoms with E-state index >= 15 is 0 Å². The molecule has 1 aromatic rings. The lowest BCUT2D eigenvalue weighted by Crippen LogP contribution is -2.43. The van der Waals surface area contributed by atoms with Gasteiger partial charge in [0.15, 0.2) is 11.6 Å². The summed E-state index contributed by atoms with van der Waals surface area (Å²) in [5.74, 6) is -0.929.